The van der Waals surface area contributed by atoms with Crippen LogP contribution in [0.1, 0.15) is 12.8 Å². The van der Waals surface area contributed by atoms with Crippen LogP contribution in [0.3, 0.4) is 0 Å². The lowest BCUT2D eigenvalue weighted by atomic mass is 10.2. The standard InChI is InChI=1S/C16H21N3O3/c1-3-9-17-15(20)14-8-5-10-19(14)16(21)18-12-6-4-7-13(11-12)22-2/h3-4,6-7,11,14H,1,5,8-10H2,2H3,(H,17,20)(H,18,21). The van der Waals surface area contributed by atoms with E-state index in [-0.39, 0.29) is 11.9 Å². The molecule has 0 aromatic heterocycles. The number of carbonyl (C=O) groups excluding carboxylic acids is 2. The van der Waals surface area contributed by atoms with Crippen LogP contribution in [0.5, 0.6) is 5.75 Å². The second kappa shape index (κ2) is 7.49. The fourth-order valence-electron chi connectivity index (χ4n) is 2.47. The molecule has 1 aliphatic rings. The number of amides is 3. The maximum atomic E-state index is 12.4. The number of benzene rings is 1. The van der Waals surface area contributed by atoms with Gasteiger partial charge in [-0.1, -0.05) is 12.1 Å². The molecule has 1 atom stereocenters. The molecule has 1 unspecified atom stereocenters. The van der Waals surface area contributed by atoms with E-state index >= 15 is 0 Å². The molecular formula is C16H21N3O3. The van der Waals surface area contributed by atoms with E-state index in [1.807, 2.05) is 0 Å². The van der Waals surface area contributed by atoms with Crippen LogP contribution in [0.2, 0.25) is 0 Å². The number of ether oxygens (including phenoxy) is 1. The van der Waals surface area contributed by atoms with Crippen molar-refractivity contribution in [1.82, 2.24) is 10.2 Å². The zero-order valence-electron chi connectivity index (χ0n) is 12.7. The van der Waals surface area contributed by atoms with E-state index < -0.39 is 6.04 Å². The van der Waals surface area contributed by atoms with E-state index in [0.29, 0.717) is 30.9 Å². The fourth-order valence-corrected chi connectivity index (χ4v) is 2.47. The normalized spacial score (nSPS) is 17.0. The molecule has 3 amide bonds. The van der Waals surface area contributed by atoms with Crippen LogP contribution >= 0.6 is 0 Å². The quantitative estimate of drug-likeness (QED) is 0.817. The number of carbonyl (C=O) groups is 2. The second-order valence-electron chi connectivity index (χ2n) is 5.05. The third-order valence-electron chi connectivity index (χ3n) is 3.56. The van der Waals surface area contributed by atoms with Crippen molar-refractivity contribution in [2.24, 2.45) is 0 Å². The van der Waals surface area contributed by atoms with Gasteiger partial charge in [0.05, 0.1) is 7.11 Å². The Labute approximate surface area is 130 Å². The van der Waals surface area contributed by atoms with Crippen LogP contribution in [-0.4, -0.2) is 43.1 Å². The first-order valence-electron chi connectivity index (χ1n) is 7.26. The van der Waals surface area contributed by atoms with Crippen molar-refractivity contribution in [3.8, 4) is 5.75 Å². The van der Waals surface area contributed by atoms with Crippen LogP contribution < -0.4 is 15.4 Å². The molecule has 1 fully saturated rings. The van der Waals surface area contributed by atoms with E-state index in [1.54, 1.807) is 42.4 Å². The van der Waals surface area contributed by atoms with Gasteiger partial charge in [-0.2, -0.15) is 0 Å². The lowest BCUT2D eigenvalue weighted by molar-refractivity contribution is -0.124. The molecule has 0 saturated carbocycles. The van der Waals surface area contributed by atoms with Gasteiger partial charge < -0.3 is 20.3 Å². The van der Waals surface area contributed by atoms with Crippen LogP contribution in [0, 0.1) is 0 Å². The number of rotatable bonds is 5. The van der Waals surface area contributed by atoms with E-state index in [0.717, 1.165) is 6.42 Å². The number of methoxy groups -OCH3 is 1. The van der Waals surface area contributed by atoms with Gasteiger partial charge in [-0.3, -0.25) is 4.79 Å². The summed E-state index contributed by atoms with van der Waals surface area (Å²) in [6.45, 7) is 4.54. The van der Waals surface area contributed by atoms with Gasteiger partial charge in [0.25, 0.3) is 0 Å². The van der Waals surface area contributed by atoms with E-state index in [4.69, 9.17) is 4.74 Å². The molecule has 1 aromatic carbocycles. The largest absolute Gasteiger partial charge is 0.497 e. The third kappa shape index (κ3) is 3.78. The number of hydrogen-bond acceptors (Lipinski definition) is 3. The zero-order chi connectivity index (χ0) is 15.9. The van der Waals surface area contributed by atoms with Crippen molar-refractivity contribution < 1.29 is 14.3 Å². The van der Waals surface area contributed by atoms with Gasteiger partial charge in [-0.05, 0) is 25.0 Å². The summed E-state index contributed by atoms with van der Waals surface area (Å²) in [7, 11) is 1.57. The number of anilines is 1. The minimum absolute atomic E-state index is 0.141. The van der Waals surface area contributed by atoms with E-state index in [1.165, 1.54) is 0 Å². The molecule has 1 heterocycles. The summed E-state index contributed by atoms with van der Waals surface area (Å²) in [4.78, 5) is 26.0. The van der Waals surface area contributed by atoms with E-state index in [2.05, 4.69) is 17.2 Å². The maximum Gasteiger partial charge on any atom is 0.322 e. The number of likely N-dealkylation sites (tertiary alicyclic amines) is 1. The summed E-state index contributed by atoms with van der Waals surface area (Å²) in [6, 6.07) is 6.42. The van der Waals surface area contributed by atoms with Gasteiger partial charge in [-0.25, -0.2) is 4.79 Å². The lowest BCUT2D eigenvalue weighted by Crippen LogP contribution is -2.47. The highest BCUT2D eigenvalue weighted by Gasteiger charge is 2.33. The Balaban J connectivity index is 2.01. The fraction of sp³-hybridized carbons (Fsp3) is 0.375. The van der Waals surface area contributed by atoms with Crippen LogP contribution in [0.4, 0.5) is 10.5 Å². The molecule has 22 heavy (non-hydrogen) atoms. The van der Waals surface area contributed by atoms with Crippen LogP contribution in [0.25, 0.3) is 0 Å². The molecule has 2 N–H and O–H groups in total. The van der Waals surface area contributed by atoms with Crippen molar-refractivity contribution in [3.05, 3.63) is 36.9 Å². The number of nitrogens with zero attached hydrogens (tertiary/aromatic N) is 1. The molecule has 0 spiro atoms. The predicted octanol–water partition coefficient (Wildman–Crippen LogP) is 1.99. The second-order valence-corrected chi connectivity index (χ2v) is 5.05. The minimum Gasteiger partial charge on any atom is -0.497 e. The number of hydrogen-bond donors (Lipinski definition) is 2. The number of urea groups is 1. The highest BCUT2D eigenvalue weighted by atomic mass is 16.5. The predicted molar refractivity (Wildman–Crippen MR) is 84.9 cm³/mol. The molecule has 0 aliphatic carbocycles. The summed E-state index contributed by atoms with van der Waals surface area (Å²) < 4.78 is 5.13. The zero-order valence-corrected chi connectivity index (χ0v) is 12.7. The summed E-state index contributed by atoms with van der Waals surface area (Å²) in [5.74, 6) is 0.526. The maximum absolute atomic E-state index is 12.4. The summed E-state index contributed by atoms with van der Waals surface area (Å²) >= 11 is 0. The third-order valence-corrected chi connectivity index (χ3v) is 3.56. The molecule has 1 aromatic rings. The van der Waals surface area contributed by atoms with Gasteiger partial charge in [0.1, 0.15) is 11.8 Å². The van der Waals surface area contributed by atoms with Crippen LogP contribution in [0.15, 0.2) is 36.9 Å². The van der Waals surface area contributed by atoms with Crippen molar-refractivity contribution in [2.45, 2.75) is 18.9 Å². The molecular weight excluding hydrogens is 282 g/mol. The first-order chi connectivity index (χ1) is 10.7. The van der Waals surface area contributed by atoms with Gasteiger partial charge in [0.2, 0.25) is 5.91 Å². The molecule has 6 nitrogen and oxygen atoms in total. The Morgan fingerprint density at radius 1 is 1.50 bits per heavy atom. The Kier molecular flexibility index (Phi) is 5.41. The van der Waals surface area contributed by atoms with Gasteiger partial charge in [0.15, 0.2) is 0 Å². The topological polar surface area (TPSA) is 70.7 Å². The number of nitrogens with one attached hydrogen (secondary N) is 2. The summed E-state index contributed by atoms with van der Waals surface area (Å²) in [6.07, 6.45) is 3.11. The van der Waals surface area contributed by atoms with Gasteiger partial charge in [-0.15, -0.1) is 6.58 Å². The van der Waals surface area contributed by atoms with Crippen LogP contribution in [-0.2, 0) is 4.79 Å². The molecule has 1 aliphatic heterocycles. The highest BCUT2D eigenvalue weighted by Crippen LogP contribution is 2.21. The SMILES string of the molecule is C=CCNC(=O)C1CCCN1C(=O)Nc1cccc(OC)c1. The first kappa shape index (κ1) is 15.9. The lowest BCUT2D eigenvalue weighted by Gasteiger charge is -2.24. The van der Waals surface area contributed by atoms with Crippen molar-refractivity contribution in [3.63, 3.8) is 0 Å². The summed E-state index contributed by atoms with van der Waals surface area (Å²) in [5.41, 5.74) is 0.640. The highest BCUT2D eigenvalue weighted by molar-refractivity contribution is 5.94. The van der Waals surface area contributed by atoms with Gasteiger partial charge >= 0.3 is 6.03 Å². The summed E-state index contributed by atoms with van der Waals surface area (Å²) in [5, 5.41) is 5.55. The Morgan fingerprint density at radius 2 is 2.32 bits per heavy atom. The minimum atomic E-state index is -0.425. The first-order valence-corrected chi connectivity index (χ1v) is 7.26. The Hall–Kier alpha value is -2.50. The molecule has 2 rings (SSSR count). The molecule has 0 bridgehead atoms. The average molecular weight is 303 g/mol. The molecule has 0 radical (unpaired) electrons. The van der Waals surface area contributed by atoms with Gasteiger partial charge in [0, 0.05) is 24.8 Å². The van der Waals surface area contributed by atoms with E-state index in [9.17, 15) is 9.59 Å². The van der Waals surface area contributed by atoms with Crippen molar-refractivity contribution >= 4 is 17.6 Å². The Bertz CT molecular complexity index is 559. The average Bonchev–Trinajstić information content (AvgIpc) is 3.02. The Morgan fingerprint density at radius 3 is 3.05 bits per heavy atom. The van der Waals surface area contributed by atoms with Crippen molar-refractivity contribution in [1.29, 1.82) is 0 Å². The smallest absolute Gasteiger partial charge is 0.322 e. The van der Waals surface area contributed by atoms with Crippen molar-refractivity contribution in [2.75, 3.05) is 25.5 Å². The molecule has 118 valence electrons. The molecule has 1 saturated heterocycles. The molecule has 6 heteroatoms. The monoisotopic (exact) mass is 303 g/mol.